The van der Waals surface area contributed by atoms with Crippen molar-refractivity contribution < 1.29 is 9.21 Å². The first-order valence-corrected chi connectivity index (χ1v) is 8.72. The van der Waals surface area contributed by atoms with Gasteiger partial charge in [0.2, 0.25) is 17.7 Å². The number of carbonyl (C=O) groups excluding carboxylic acids is 1. The molecule has 1 heterocycles. The Morgan fingerprint density at radius 1 is 1.08 bits per heavy atom. The first-order chi connectivity index (χ1) is 12.4. The summed E-state index contributed by atoms with van der Waals surface area (Å²) in [7, 11) is 0. The van der Waals surface area contributed by atoms with Gasteiger partial charge in [0.05, 0.1) is 6.54 Å². The van der Waals surface area contributed by atoms with Crippen molar-refractivity contribution in [1.82, 2.24) is 15.5 Å². The lowest BCUT2D eigenvalue weighted by Crippen LogP contribution is -2.30. The normalized spacial score (nSPS) is 11.3. The molecule has 0 fully saturated rings. The topological polar surface area (TPSA) is 68.0 Å². The molecule has 1 amide bonds. The molecule has 1 aromatic heterocycles. The molecule has 0 aliphatic heterocycles. The number of aromatic nitrogens is 2. The van der Waals surface area contributed by atoms with Crippen LogP contribution in [0.5, 0.6) is 0 Å². The molecular formula is C20H20ClN3O2. The van der Waals surface area contributed by atoms with E-state index in [0.717, 1.165) is 11.1 Å². The number of amides is 1. The van der Waals surface area contributed by atoms with E-state index in [1.807, 2.05) is 68.4 Å². The zero-order valence-corrected chi connectivity index (χ0v) is 15.5. The van der Waals surface area contributed by atoms with Crippen molar-refractivity contribution >= 4 is 17.5 Å². The highest BCUT2D eigenvalue weighted by atomic mass is 35.5. The number of rotatable bonds is 6. The van der Waals surface area contributed by atoms with Crippen molar-refractivity contribution in [1.29, 1.82) is 0 Å². The molecule has 5 nitrogen and oxygen atoms in total. The summed E-state index contributed by atoms with van der Waals surface area (Å²) in [5.74, 6) is 0.738. The highest BCUT2D eigenvalue weighted by molar-refractivity contribution is 6.30. The molecular weight excluding hydrogens is 350 g/mol. The van der Waals surface area contributed by atoms with Gasteiger partial charge in [0.25, 0.3) is 0 Å². The molecule has 0 saturated carbocycles. The van der Waals surface area contributed by atoms with Crippen LogP contribution in [0, 0.1) is 0 Å². The summed E-state index contributed by atoms with van der Waals surface area (Å²) < 4.78 is 5.60. The molecule has 0 aliphatic carbocycles. The summed E-state index contributed by atoms with van der Waals surface area (Å²) >= 11 is 5.93. The van der Waals surface area contributed by atoms with E-state index >= 15 is 0 Å². The quantitative estimate of drug-likeness (QED) is 0.700. The Bertz CT molecular complexity index is 874. The van der Waals surface area contributed by atoms with Crippen molar-refractivity contribution in [2.75, 3.05) is 0 Å². The molecule has 0 unspecified atom stereocenters. The van der Waals surface area contributed by atoms with E-state index in [9.17, 15) is 4.79 Å². The Kier molecular flexibility index (Phi) is 5.38. The zero-order chi connectivity index (χ0) is 18.6. The Labute approximate surface area is 157 Å². The van der Waals surface area contributed by atoms with Gasteiger partial charge in [-0.05, 0) is 35.2 Å². The molecule has 0 atom stereocenters. The van der Waals surface area contributed by atoms with Crippen molar-refractivity contribution in [2.24, 2.45) is 0 Å². The second kappa shape index (κ2) is 7.70. The SMILES string of the molecule is CC(C)(CC(=O)NCc1nnc(-c2ccccc2)o1)c1ccc(Cl)cc1. The Hall–Kier alpha value is -2.66. The lowest BCUT2D eigenvalue weighted by molar-refractivity contribution is -0.122. The summed E-state index contributed by atoms with van der Waals surface area (Å²) in [6.45, 7) is 4.25. The van der Waals surface area contributed by atoms with E-state index in [-0.39, 0.29) is 17.9 Å². The molecule has 0 spiro atoms. The average molecular weight is 370 g/mol. The highest BCUT2D eigenvalue weighted by Crippen LogP contribution is 2.28. The van der Waals surface area contributed by atoms with Gasteiger partial charge < -0.3 is 9.73 Å². The third-order valence-corrected chi connectivity index (χ3v) is 4.40. The molecule has 0 radical (unpaired) electrons. The van der Waals surface area contributed by atoms with Crippen LogP contribution in [0.1, 0.15) is 31.7 Å². The van der Waals surface area contributed by atoms with Gasteiger partial charge >= 0.3 is 0 Å². The second-order valence-electron chi connectivity index (χ2n) is 6.71. The smallest absolute Gasteiger partial charge is 0.247 e. The summed E-state index contributed by atoms with van der Waals surface area (Å²) in [6.07, 6.45) is 0.342. The predicted molar refractivity (Wildman–Crippen MR) is 101 cm³/mol. The van der Waals surface area contributed by atoms with E-state index in [2.05, 4.69) is 15.5 Å². The van der Waals surface area contributed by atoms with Crippen molar-refractivity contribution in [3.63, 3.8) is 0 Å². The maximum absolute atomic E-state index is 12.3. The zero-order valence-electron chi connectivity index (χ0n) is 14.7. The fourth-order valence-electron chi connectivity index (χ4n) is 2.66. The van der Waals surface area contributed by atoms with Gasteiger partial charge in [0, 0.05) is 17.0 Å². The van der Waals surface area contributed by atoms with Gasteiger partial charge in [0.15, 0.2) is 0 Å². The van der Waals surface area contributed by atoms with Crippen molar-refractivity contribution in [3.05, 3.63) is 71.1 Å². The monoisotopic (exact) mass is 369 g/mol. The summed E-state index contributed by atoms with van der Waals surface area (Å²) in [5.41, 5.74) is 1.60. The van der Waals surface area contributed by atoms with Gasteiger partial charge in [-0.1, -0.05) is 55.8 Å². The minimum atomic E-state index is -0.307. The standard InChI is InChI=1S/C20H20ClN3O2/c1-20(2,15-8-10-16(21)11-9-15)12-17(25)22-13-18-23-24-19(26-18)14-6-4-3-5-7-14/h3-11H,12-13H2,1-2H3,(H,22,25). The molecule has 3 aromatic rings. The predicted octanol–water partition coefficient (Wildman–Crippen LogP) is 4.37. The maximum Gasteiger partial charge on any atom is 0.247 e. The summed E-state index contributed by atoms with van der Waals surface area (Å²) in [5, 5.41) is 11.5. The van der Waals surface area contributed by atoms with E-state index in [0.29, 0.717) is 23.2 Å². The maximum atomic E-state index is 12.3. The fraction of sp³-hybridized carbons (Fsp3) is 0.250. The van der Waals surface area contributed by atoms with E-state index in [1.54, 1.807) is 0 Å². The first-order valence-electron chi connectivity index (χ1n) is 8.34. The number of carbonyl (C=O) groups is 1. The van der Waals surface area contributed by atoms with Crippen molar-refractivity contribution in [2.45, 2.75) is 32.2 Å². The van der Waals surface area contributed by atoms with Crippen LogP contribution in [0.3, 0.4) is 0 Å². The molecule has 0 aliphatic rings. The van der Waals surface area contributed by atoms with Crippen LogP contribution in [-0.2, 0) is 16.8 Å². The van der Waals surface area contributed by atoms with Gasteiger partial charge in [-0.25, -0.2) is 0 Å². The summed E-state index contributed by atoms with van der Waals surface area (Å²) in [4.78, 5) is 12.3. The largest absolute Gasteiger partial charge is 0.419 e. The van der Waals surface area contributed by atoms with Crippen LogP contribution < -0.4 is 5.32 Å². The second-order valence-corrected chi connectivity index (χ2v) is 7.15. The fourth-order valence-corrected chi connectivity index (χ4v) is 2.79. The number of benzene rings is 2. The number of hydrogen-bond donors (Lipinski definition) is 1. The van der Waals surface area contributed by atoms with Crippen LogP contribution in [-0.4, -0.2) is 16.1 Å². The third-order valence-electron chi connectivity index (χ3n) is 4.15. The Morgan fingerprint density at radius 2 is 1.77 bits per heavy atom. The minimum Gasteiger partial charge on any atom is -0.419 e. The first kappa shape index (κ1) is 18.1. The highest BCUT2D eigenvalue weighted by Gasteiger charge is 2.24. The van der Waals surface area contributed by atoms with Crippen LogP contribution in [0.2, 0.25) is 5.02 Å². The van der Waals surface area contributed by atoms with Crippen LogP contribution >= 0.6 is 11.6 Å². The molecule has 3 rings (SSSR count). The lowest BCUT2D eigenvalue weighted by Gasteiger charge is -2.24. The number of hydrogen-bond acceptors (Lipinski definition) is 4. The molecule has 0 saturated heterocycles. The molecule has 1 N–H and O–H groups in total. The Balaban J connectivity index is 1.57. The minimum absolute atomic E-state index is 0.0792. The van der Waals surface area contributed by atoms with Crippen molar-refractivity contribution in [3.8, 4) is 11.5 Å². The van der Waals surface area contributed by atoms with E-state index in [4.69, 9.17) is 16.0 Å². The van der Waals surface area contributed by atoms with Crippen LogP contribution in [0.4, 0.5) is 0 Å². The van der Waals surface area contributed by atoms with Crippen LogP contribution in [0.25, 0.3) is 11.5 Å². The Morgan fingerprint density at radius 3 is 2.46 bits per heavy atom. The van der Waals surface area contributed by atoms with Gasteiger partial charge in [-0.15, -0.1) is 10.2 Å². The molecule has 26 heavy (non-hydrogen) atoms. The number of halogens is 1. The molecule has 134 valence electrons. The van der Waals surface area contributed by atoms with Crippen LogP contribution in [0.15, 0.2) is 59.0 Å². The number of nitrogens with one attached hydrogen (secondary N) is 1. The molecule has 2 aromatic carbocycles. The van der Waals surface area contributed by atoms with Gasteiger partial charge in [0.1, 0.15) is 0 Å². The number of nitrogens with zero attached hydrogens (tertiary/aromatic N) is 2. The molecule has 0 bridgehead atoms. The lowest BCUT2D eigenvalue weighted by atomic mass is 9.81. The van der Waals surface area contributed by atoms with E-state index in [1.165, 1.54) is 0 Å². The van der Waals surface area contributed by atoms with E-state index < -0.39 is 0 Å². The van der Waals surface area contributed by atoms with Gasteiger partial charge in [-0.2, -0.15) is 0 Å². The molecule has 6 heteroatoms. The third kappa shape index (κ3) is 4.49. The van der Waals surface area contributed by atoms with Gasteiger partial charge in [-0.3, -0.25) is 4.79 Å². The average Bonchev–Trinajstić information content (AvgIpc) is 3.10. The summed E-state index contributed by atoms with van der Waals surface area (Å²) in [6, 6.07) is 17.1.